The van der Waals surface area contributed by atoms with Crippen molar-refractivity contribution in [2.24, 2.45) is 5.11 Å². The molecule has 0 spiro atoms. The van der Waals surface area contributed by atoms with Crippen molar-refractivity contribution in [1.82, 2.24) is 0 Å². The molecule has 7 heteroatoms. The Hall–Kier alpha value is -0.850. The Labute approximate surface area is 113 Å². The molecule has 1 rings (SSSR count). The van der Waals surface area contributed by atoms with E-state index in [0.29, 0.717) is 13.2 Å². The molecule has 0 amide bonds. The second-order valence-electron chi connectivity index (χ2n) is 4.88. The molecule has 0 unspecified atom stereocenters. The van der Waals surface area contributed by atoms with E-state index in [1.165, 1.54) is 0 Å². The average Bonchev–Trinajstić information content (AvgIpc) is 2.36. The van der Waals surface area contributed by atoms with Gasteiger partial charge in [-0.1, -0.05) is 18.5 Å². The molecule has 1 saturated heterocycles. The standard InChI is InChI=1S/C12H23N3O4/c1-4-5-6-16-8-11-10(14-15-13)7-18-12(2,3)19-9-17-11/h10-11H,4-9H2,1-3H3/t10-,11-/m1/s1. The van der Waals surface area contributed by atoms with Crippen molar-refractivity contribution in [3.8, 4) is 0 Å². The highest BCUT2D eigenvalue weighted by atomic mass is 16.8. The molecule has 7 nitrogen and oxygen atoms in total. The van der Waals surface area contributed by atoms with E-state index in [-0.39, 0.29) is 19.5 Å². The predicted octanol–water partition coefficient (Wildman–Crippen LogP) is 2.61. The van der Waals surface area contributed by atoms with Gasteiger partial charge >= 0.3 is 0 Å². The van der Waals surface area contributed by atoms with E-state index in [9.17, 15) is 0 Å². The highest BCUT2D eigenvalue weighted by Crippen LogP contribution is 2.18. The van der Waals surface area contributed by atoms with Gasteiger partial charge in [-0.15, -0.1) is 0 Å². The van der Waals surface area contributed by atoms with Gasteiger partial charge < -0.3 is 18.9 Å². The van der Waals surface area contributed by atoms with E-state index in [4.69, 9.17) is 24.5 Å². The van der Waals surface area contributed by atoms with Crippen LogP contribution in [0.25, 0.3) is 10.4 Å². The molecular weight excluding hydrogens is 250 g/mol. The highest BCUT2D eigenvalue weighted by Gasteiger charge is 2.30. The van der Waals surface area contributed by atoms with Gasteiger partial charge in [0.15, 0.2) is 12.6 Å². The molecule has 0 bridgehead atoms. The van der Waals surface area contributed by atoms with Crippen LogP contribution in [0.2, 0.25) is 0 Å². The predicted molar refractivity (Wildman–Crippen MR) is 69.5 cm³/mol. The average molecular weight is 273 g/mol. The SMILES string of the molecule is CCCCOC[C@H]1OCOC(C)(C)OC[C@H]1N=[N+]=[N-]. The fourth-order valence-electron chi connectivity index (χ4n) is 1.59. The van der Waals surface area contributed by atoms with Crippen LogP contribution in [0.1, 0.15) is 33.6 Å². The third kappa shape index (κ3) is 6.22. The lowest BCUT2D eigenvalue weighted by Gasteiger charge is -2.33. The molecule has 110 valence electrons. The Morgan fingerprint density at radius 2 is 2.21 bits per heavy atom. The van der Waals surface area contributed by atoms with Gasteiger partial charge in [0.05, 0.1) is 25.4 Å². The molecule has 0 aromatic carbocycles. The maximum absolute atomic E-state index is 8.61. The zero-order chi connectivity index (χ0) is 14.1. The molecule has 1 heterocycles. The van der Waals surface area contributed by atoms with Gasteiger partial charge in [0.25, 0.3) is 0 Å². The zero-order valence-electron chi connectivity index (χ0n) is 11.9. The Morgan fingerprint density at radius 1 is 1.42 bits per heavy atom. The molecule has 0 saturated carbocycles. The summed E-state index contributed by atoms with van der Waals surface area (Å²) in [6.07, 6.45) is 1.73. The van der Waals surface area contributed by atoms with Gasteiger partial charge in [0, 0.05) is 11.5 Å². The smallest absolute Gasteiger partial charge is 0.165 e. The Balaban J connectivity index is 2.52. The van der Waals surface area contributed by atoms with E-state index in [2.05, 4.69) is 16.9 Å². The van der Waals surface area contributed by atoms with Crippen molar-refractivity contribution in [3.63, 3.8) is 0 Å². The fourth-order valence-corrected chi connectivity index (χ4v) is 1.59. The minimum absolute atomic E-state index is 0.0895. The summed E-state index contributed by atoms with van der Waals surface area (Å²) in [6.45, 7) is 7.07. The normalized spacial score (nSPS) is 27.1. The second-order valence-corrected chi connectivity index (χ2v) is 4.88. The minimum Gasteiger partial charge on any atom is -0.379 e. The maximum Gasteiger partial charge on any atom is 0.165 e. The van der Waals surface area contributed by atoms with Crippen LogP contribution in [-0.2, 0) is 18.9 Å². The molecule has 0 aliphatic carbocycles. The summed E-state index contributed by atoms with van der Waals surface area (Å²) in [5.41, 5.74) is 8.61. The summed E-state index contributed by atoms with van der Waals surface area (Å²) < 4.78 is 22.1. The number of azide groups is 1. The summed E-state index contributed by atoms with van der Waals surface area (Å²) in [5.74, 6) is -0.739. The van der Waals surface area contributed by atoms with Crippen LogP contribution in [-0.4, -0.2) is 44.5 Å². The van der Waals surface area contributed by atoms with E-state index < -0.39 is 11.8 Å². The Morgan fingerprint density at radius 3 is 2.89 bits per heavy atom. The van der Waals surface area contributed by atoms with Crippen LogP contribution in [0.5, 0.6) is 0 Å². The third-order valence-corrected chi connectivity index (χ3v) is 2.84. The topological polar surface area (TPSA) is 85.7 Å². The first-order chi connectivity index (χ1) is 9.09. The van der Waals surface area contributed by atoms with Crippen molar-refractivity contribution in [1.29, 1.82) is 0 Å². The number of ether oxygens (including phenoxy) is 4. The van der Waals surface area contributed by atoms with Crippen LogP contribution in [0.15, 0.2) is 5.11 Å². The molecule has 2 atom stereocenters. The number of unbranched alkanes of at least 4 members (excludes halogenated alkanes) is 1. The van der Waals surface area contributed by atoms with Crippen molar-refractivity contribution in [3.05, 3.63) is 10.4 Å². The summed E-state index contributed by atoms with van der Waals surface area (Å²) in [6, 6.07) is -0.408. The molecular formula is C12H23N3O4. The van der Waals surface area contributed by atoms with Crippen molar-refractivity contribution < 1.29 is 18.9 Å². The van der Waals surface area contributed by atoms with Gasteiger partial charge in [-0.05, 0) is 25.8 Å². The first-order valence-electron chi connectivity index (χ1n) is 6.60. The zero-order valence-corrected chi connectivity index (χ0v) is 11.9. The van der Waals surface area contributed by atoms with Gasteiger partial charge in [-0.25, -0.2) is 0 Å². The maximum atomic E-state index is 8.61. The van der Waals surface area contributed by atoms with Crippen LogP contribution in [0.4, 0.5) is 0 Å². The summed E-state index contributed by atoms with van der Waals surface area (Å²) >= 11 is 0. The van der Waals surface area contributed by atoms with E-state index in [1.54, 1.807) is 13.8 Å². The number of nitrogens with zero attached hydrogens (tertiary/aromatic N) is 3. The molecule has 0 aromatic rings. The molecule has 1 fully saturated rings. The fraction of sp³-hybridized carbons (Fsp3) is 1.00. The van der Waals surface area contributed by atoms with Crippen molar-refractivity contribution >= 4 is 0 Å². The quantitative estimate of drug-likeness (QED) is 0.322. The van der Waals surface area contributed by atoms with E-state index in [0.717, 1.165) is 12.8 Å². The van der Waals surface area contributed by atoms with Crippen LogP contribution >= 0.6 is 0 Å². The first kappa shape index (κ1) is 16.2. The number of rotatable bonds is 6. The molecule has 1 aliphatic rings. The minimum atomic E-state index is -0.739. The molecule has 0 N–H and O–H groups in total. The third-order valence-electron chi connectivity index (χ3n) is 2.84. The summed E-state index contributed by atoms with van der Waals surface area (Å²) in [4.78, 5) is 2.84. The lowest BCUT2D eigenvalue weighted by Crippen LogP contribution is -2.43. The highest BCUT2D eigenvalue weighted by molar-refractivity contribution is 4.79. The van der Waals surface area contributed by atoms with E-state index >= 15 is 0 Å². The summed E-state index contributed by atoms with van der Waals surface area (Å²) in [5, 5.41) is 3.73. The van der Waals surface area contributed by atoms with Gasteiger partial charge in [0.2, 0.25) is 0 Å². The van der Waals surface area contributed by atoms with Gasteiger partial charge in [0.1, 0.15) is 0 Å². The Bertz CT molecular complexity index is 305. The molecule has 19 heavy (non-hydrogen) atoms. The Kier molecular flexibility index (Phi) is 7.12. The second kappa shape index (κ2) is 8.35. The van der Waals surface area contributed by atoms with Gasteiger partial charge in [-0.2, -0.15) is 0 Å². The number of hydrogen-bond donors (Lipinski definition) is 0. The van der Waals surface area contributed by atoms with Crippen molar-refractivity contribution in [2.75, 3.05) is 26.6 Å². The molecule has 1 aliphatic heterocycles. The molecule has 0 radical (unpaired) electrons. The van der Waals surface area contributed by atoms with Gasteiger partial charge in [-0.3, -0.25) is 0 Å². The summed E-state index contributed by atoms with van der Waals surface area (Å²) in [7, 11) is 0. The van der Waals surface area contributed by atoms with Crippen LogP contribution in [0.3, 0.4) is 0 Å². The van der Waals surface area contributed by atoms with Crippen LogP contribution in [0, 0.1) is 0 Å². The first-order valence-corrected chi connectivity index (χ1v) is 6.60. The lowest BCUT2D eigenvalue weighted by atomic mass is 10.2. The molecule has 0 aromatic heterocycles. The number of hydrogen-bond acceptors (Lipinski definition) is 5. The lowest BCUT2D eigenvalue weighted by molar-refractivity contribution is -0.285. The van der Waals surface area contributed by atoms with Crippen molar-refractivity contribution in [2.45, 2.75) is 51.5 Å². The largest absolute Gasteiger partial charge is 0.379 e. The monoisotopic (exact) mass is 273 g/mol. The van der Waals surface area contributed by atoms with Crippen LogP contribution < -0.4 is 0 Å². The van der Waals surface area contributed by atoms with E-state index in [1.807, 2.05) is 0 Å².